The average molecular weight is 392 g/mol. The molecule has 2 N–H and O–H groups in total. The molecule has 0 fully saturated rings. The first-order valence-corrected chi connectivity index (χ1v) is 10.8. The maximum Gasteiger partial charge on any atom is 0.191 e. The topological polar surface area (TPSA) is 70.6 Å². The Morgan fingerprint density at radius 2 is 1.70 bits per heavy atom. The summed E-state index contributed by atoms with van der Waals surface area (Å²) >= 11 is 0. The Hall–Kier alpha value is -2.41. The minimum atomic E-state index is -3.14. The van der Waals surface area contributed by atoms with Crippen molar-refractivity contribution in [2.75, 3.05) is 18.8 Å². The molecule has 27 heavy (non-hydrogen) atoms. The van der Waals surface area contributed by atoms with E-state index in [-0.39, 0.29) is 17.3 Å². The summed E-state index contributed by atoms with van der Waals surface area (Å²) in [5, 5.41) is 6.26. The molecule has 146 valence electrons. The fourth-order valence-corrected chi connectivity index (χ4v) is 3.93. The summed E-state index contributed by atoms with van der Waals surface area (Å²) in [5.74, 6) is 0.519. The van der Waals surface area contributed by atoms with Crippen molar-refractivity contribution < 1.29 is 12.8 Å². The van der Waals surface area contributed by atoms with Crippen LogP contribution in [0.2, 0.25) is 0 Å². The normalized spacial score (nSPS) is 12.0. The van der Waals surface area contributed by atoms with Gasteiger partial charge in [0.25, 0.3) is 0 Å². The smallest absolute Gasteiger partial charge is 0.191 e. The van der Waals surface area contributed by atoms with Crippen LogP contribution < -0.4 is 10.6 Å². The molecule has 2 rings (SSSR count). The molecule has 0 aromatic heterocycles. The number of benzene rings is 2. The molecule has 0 aliphatic heterocycles. The quantitative estimate of drug-likeness (QED) is 0.392. The van der Waals surface area contributed by atoms with Crippen LogP contribution in [0.1, 0.15) is 24.5 Å². The van der Waals surface area contributed by atoms with Crippen LogP contribution in [-0.4, -0.2) is 33.2 Å². The highest BCUT2D eigenvalue weighted by atomic mass is 32.2. The molecular weight excluding hydrogens is 365 g/mol. The van der Waals surface area contributed by atoms with Crippen LogP contribution in [0.3, 0.4) is 0 Å². The van der Waals surface area contributed by atoms with Gasteiger partial charge in [-0.15, -0.1) is 0 Å². The molecule has 0 spiro atoms. The number of guanidine groups is 1. The van der Waals surface area contributed by atoms with Gasteiger partial charge >= 0.3 is 0 Å². The molecule has 0 bridgehead atoms. The monoisotopic (exact) mass is 391 g/mol. The van der Waals surface area contributed by atoms with Crippen LogP contribution >= 0.6 is 0 Å². The minimum absolute atomic E-state index is 0.0621. The van der Waals surface area contributed by atoms with Crippen LogP contribution in [0, 0.1) is 5.82 Å². The summed E-state index contributed by atoms with van der Waals surface area (Å²) < 4.78 is 37.3. The number of nitrogens with one attached hydrogen (secondary N) is 2. The molecule has 0 saturated heterocycles. The van der Waals surface area contributed by atoms with Crippen molar-refractivity contribution in [1.29, 1.82) is 0 Å². The lowest BCUT2D eigenvalue weighted by atomic mass is 10.2. The SMILES string of the molecule is CCNC(=NCc1ccc(F)cc1)NCCCS(=O)(=O)Cc1ccccc1. The van der Waals surface area contributed by atoms with E-state index in [0.717, 1.165) is 11.1 Å². The van der Waals surface area contributed by atoms with Crippen molar-refractivity contribution in [2.45, 2.75) is 25.6 Å². The summed E-state index contributed by atoms with van der Waals surface area (Å²) in [7, 11) is -3.14. The predicted molar refractivity (Wildman–Crippen MR) is 108 cm³/mol. The molecule has 0 saturated carbocycles. The number of hydrogen-bond acceptors (Lipinski definition) is 3. The molecule has 0 heterocycles. The van der Waals surface area contributed by atoms with Crippen molar-refractivity contribution in [1.82, 2.24) is 10.6 Å². The molecule has 0 amide bonds. The summed E-state index contributed by atoms with van der Waals surface area (Å²) in [6.45, 7) is 3.58. The zero-order valence-corrected chi connectivity index (χ0v) is 16.3. The van der Waals surface area contributed by atoms with E-state index in [2.05, 4.69) is 15.6 Å². The van der Waals surface area contributed by atoms with Crippen molar-refractivity contribution in [3.63, 3.8) is 0 Å². The standard InChI is InChI=1S/C20H26FN3O2S/c1-2-22-20(24-15-17-9-11-19(21)12-10-17)23-13-6-14-27(25,26)16-18-7-4-3-5-8-18/h3-5,7-12H,2,6,13-16H2,1H3,(H2,22,23,24). The molecule has 2 aromatic carbocycles. The maximum absolute atomic E-state index is 12.9. The van der Waals surface area contributed by atoms with E-state index in [4.69, 9.17) is 0 Å². The molecule has 0 aliphatic carbocycles. The number of rotatable bonds is 9. The number of nitrogens with zero attached hydrogens (tertiary/aromatic N) is 1. The van der Waals surface area contributed by atoms with E-state index in [1.165, 1.54) is 12.1 Å². The van der Waals surface area contributed by atoms with Crippen LogP contribution in [0.4, 0.5) is 4.39 Å². The van der Waals surface area contributed by atoms with Crippen LogP contribution in [-0.2, 0) is 22.1 Å². The van der Waals surface area contributed by atoms with Crippen molar-refractivity contribution >= 4 is 15.8 Å². The Bertz CT molecular complexity index is 822. The van der Waals surface area contributed by atoms with E-state index in [0.29, 0.717) is 32.0 Å². The van der Waals surface area contributed by atoms with E-state index in [1.54, 1.807) is 12.1 Å². The average Bonchev–Trinajstić information content (AvgIpc) is 2.65. The first kappa shape index (κ1) is 20.9. The van der Waals surface area contributed by atoms with Crippen molar-refractivity contribution in [3.05, 3.63) is 71.5 Å². The van der Waals surface area contributed by atoms with Gasteiger partial charge in [-0.1, -0.05) is 42.5 Å². The molecule has 7 heteroatoms. The highest BCUT2D eigenvalue weighted by Gasteiger charge is 2.11. The Morgan fingerprint density at radius 1 is 1.00 bits per heavy atom. The highest BCUT2D eigenvalue weighted by Crippen LogP contribution is 2.07. The third-order valence-corrected chi connectivity index (χ3v) is 5.52. The Morgan fingerprint density at radius 3 is 2.37 bits per heavy atom. The molecular formula is C20H26FN3O2S. The summed E-state index contributed by atoms with van der Waals surface area (Å²) in [6.07, 6.45) is 0.496. The van der Waals surface area contributed by atoms with Crippen LogP contribution in [0.15, 0.2) is 59.6 Å². The first-order chi connectivity index (χ1) is 13.0. The Balaban J connectivity index is 1.79. The fourth-order valence-electron chi connectivity index (χ4n) is 2.50. The third kappa shape index (κ3) is 8.21. The summed E-state index contributed by atoms with van der Waals surface area (Å²) in [5.41, 5.74) is 1.71. The second-order valence-electron chi connectivity index (χ2n) is 6.18. The van der Waals surface area contributed by atoms with Gasteiger partial charge in [0, 0.05) is 13.1 Å². The van der Waals surface area contributed by atoms with E-state index in [1.807, 2.05) is 37.3 Å². The molecule has 2 aromatic rings. The zero-order valence-electron chi connectivity index (χ0n) is 15.5. The molecule has 5 nitrogen and oxygen atoms in total. The third-order valence-electron chi connectivity index (χ3n) is 3.83. The van der Waals surface area contributed by atoms with Gasteiger partial charge in [0.1, 0.15) is 5.82 Å². The van der Waals surface area contributed by atoms with E-state index < -0.39 is 9.84 Å². The van der Waals surface area contributed by atoms with E-state index >= 15 is 0 Å². The highest BCUT2D eigenvalue weighted by molar-refractivity contribution is 7.90. The maximum atomic E-state index is 12.9. The van der Waals surface area contributed by atoms with Gasteiger partial charge in [-0.25, -0.2) is 17.8 Å². The van der Waals surface area contributed by atoms with Gasteiger partial charge < -0.3 is 10.6 Å². The van der Waals surface area contributed by atoms with Crippen molar-refractivity contribution in [3.8, 4) is 0 Å². The van der Waals surface area contributed by atoms with Gasteiger partial charge in [-0.3, -0.25) is 0 Å². The molecule has 0 radical (unpaired) electrons. The Kier molecular flexibility index (Phi) is 8.26. The molecule has 0 atom stereocenters. The first-order valence-electron chi connectivity index (χ1n) is 8.99. The van der Waals surface area contributed by atoms with Gasteiger partial charge in [0.2, 0.25) is 0 Å². The summed E-state index contributed by atoms with van der Waals surface area (Å²) in [4.78, 5) is 4.44. The van der Waals surface area contributed by atoms with Gasteiger partial charge in [-0.05, 0) is 36.6 Å². The molecule has 0 unspecified atom stereocenters. The number of hydrogen-bond donors (Lipinski definition) is 2. The van der Waals surface area contributed by atoms with Crippen molar-refractivity contribution in [2.24, 2.45) is 4.99 Å². The fraction of sp³-hybridized carbons (Fsp3) is 0.350. The van der Waals surface area contributed by atoms with Crippen LogP contribution in [0.5, 0.6) is 0 Å². The summed E-state index contributed by atoms with van der Waals surface area (Å²) in [6, 6.07) is 15.4. The van der Waals surface area contributed by atoms with Gasteiger partial charge in [-0.2, -0.15) is 0 Å². The largest absolute Gasteiger partial charge is 0.357 e. The van der Waals surface area contributed by atoms with Gasteiger partial charge in [0.15, 0.2) is 15.8 Å². The minimum Gasteiger partial charge on any atom is -0.357 e. The van der Waals surface area contributed by atoms with Gasteiger partial charge in [0.05, 0.1) is 18.1 Å². The number of aliphatic imine (C=N–C) groups is 1. The lowest BCUT2D eigenvalue weighted by molar-refractivity contribution is 0.591. The number of halogens is 1. The second kappa shape index (κ2) is 10.7. The Labute approximate surface area is 160 Å². The lowest BCUT2D eigenvalue weighted by Gasteiger charge is -2.11. The molecule has 0 aliphatic rings. The predicted octanol–water partition coefficient (Wildman–Crippen LogP) is 2.89. The zero-order chi connectivity index (χ0) is 19.5. The number of sulfone groups is 1. The van der Waals surface area contributed by atoms with E-state index in [9.17, 15) is 12.8 Å². The lowest BCUT2D eigenvalue weighted by Crippen LogP contribution is -2.38. The second-order valence-corrected chi connectivity index (χ2v) is 8.36. The van der Waals surface area contributed by atoms with Crippen LogP contribution in [0.25, 0.3) is 0 Å².